The van der Waals surface area contributed by atoms with Crippen molar-refractivity contribution in [2.24, 2.45) is 23.7 Å². The van der Waals surface area contributed by atoms with Crippen LogP contribution < -0.4 is 14.5 Å². The molecule has 0 radical (unpaired) electrons. The molecule has 0 bridgehead atoms. The van der Waals surface area contributed by atoms with Gasteiger partial charge in [0.05, 0.1) is 23.4 Å². The number of aryl methyl sites for hydroxylation is 2. The molecule has 2 aliphatic heterocycles. The summed E-state index contributed by atoms with van der Waals surface area (Å²) in [6.07, 6.45) is 6.17. The van der Waals surface area contributed by atoms with Crippen LogP contribution in [0.15, 0.2) is 54.6 Å². The highest BCUT2D eigenvalue weighted by Crippen LogP contribution is 2.41. The first kappa shape index (κ1) is 24.9. The van der Waals surface area contributed by atoms with E-state index in [0.717, 1.165) is 29.7 Å². The van der Waals surface area contributed by atoms with Gasteiger partial charge in [-0.2, -0.15) is 0 Å². The molecule has 37 heavy (non-hydrogen) atoms. The Balaban J connectivity index is 1.32. The fourth-order valence-electron chi connectivity index (χ4n) is 5.93. The molecule has 4 atom stereocenters. The Kier molecular flexibility index (Phi) is 6.71. The number of hydrogen-bond acceptors (Lipinski definition) is 5. The lowest BCUT2D eigenvalue weighted by atomic mass is 9.78. The normalized spacial score (nSPS) is 25.1. The predicted octanol–water partition coefficient (Wildman–Crippen LogP) is 4.47. The lowest BCUT2D eigenvalue weighted by Gasteiger charge is -2.23. The minimum Gasteiger partial charge on any atom is -0.426 e. The second-order valence-corrected chi connectivity index (χ2v) is 10.1. The van der Waals surface area contributed by atoms with Crippen molar-refractivity contribution < 1.29 is 23.9 Å². The van der Waals surface area contributed by atoms with Crippen molar-refractivity contribution in [1.29, 1.82) is 0 Å². The summed E-state index contributed by atoms with van der Waals surface area (Å²) in [5, 5.41) is 0. The molecule has 2 aromatic rings. The molecule has 7 nitrogen and oxygen atoms in total. The van der Waals surface area contributed by atoms with Crippen molar-refractivity contribution in [3.05, 3.63) is 65.7 Å². The van der Waals surface area contributed by atoms with E-state index in [-0.39, 0.29) is 54.2 Å². The summed E-state index contributed by atoms with van der Waals surface area (Å²) in [7, 11) is 0. The maximum atomic E-state index is 13.1. The third-order valence-electron chi connectivity index (χ3n) is 7.86. The van der Waals surface area contributed by atoms with Gasteiger partial charge in [0.25, 0.3) is 0 Å². The van der Waals surface area contributed by atoms with E-state index in [2.05, 4.69) is 13.8 Å². The zero-order valence-corrected chi connectivity index (χ0v) is 21.5. The minimum atomic E-state index is -0.601. The van der Waals surface area contributed by atoms with Crippen LogP contribution in [0.2, 0.25) is 0 Å². The fraction of sp³-hybridized carbons (Fsp3) is 0.400. The highest BCUT2D eigenvalue weighted by molar-refractivity contribution is 6.22. The number of nitrogens with zero attached hydrogens (tertiary/aromatic N) is 2. The summed E-state index contributed by atoms with van der Waals surface area (Å²) < 4.78 is 5.68. The van der Waals surface area contributed by atoms with Gasteiger partial charge >= 0.3 is 5.97 Å². The number of fused-ring (bicyclic) bond motifs is 1. The van der Waals surface area contributed by atoms with Crippen LogP contribution in [-0.2, 0) is 32.0 Å². The lowest BCUT2D eigenvalue weighted by Crippen LogP contribution is -2.31. The third-order valence-corrected chi connectivity index (χ3v) is 7.86. The largest absolute Gasteiger partial charge is 0.426 e. The summed E-state index contributed by atoms with van der Waals surface area (Å²) >= 11 is 0. The molecular weight excluding hydrogens is 468 g/mol. The second kappa shape index (κ2) is 9.96. The van der Waals surface area contributed by atoms with Gasteiger partial charge in [-0.15, -0.1) is 0 Å². The first-order chi connectivity index (χ1) is 17.8. The van der Waals surface area contributed by atoms with Crippen LogP contribution in [0.4, 0.5) is 11.4 Å². The quantitative estimate of drug-likeness (QED) is 0.253. The monoisotopic (exact) mass is 500 g/mol. The van der Waals surface area contributed by atoms with Crippen molar-refractivity contribution in [1.82, 2.24) is 0 Å². The van der Waals surface area contributed by atoms with Crippen LogP contribution in [-0.4, -0.2) is 30.2 Å². The maximum absolute atomic E-state index is 13.1. The van der Waals surface area contributed by atoms with Gasteiger partial charge in [-0.3, -0.25) is 19.2 Å². The molecule has 3 amide bonds. The van der Waals surface area contributed by atoms with Crippen molar-refractivity contribution in [3.63, 3.8) is 0 Å². The molecule has 0 unspecified atom stereocenters. The third kappa shape index (κ3) is 4.37. The summed E-state index contributed by atoms with van der Waals surface area (Å²) in [4.78, 5) is 55.2. The number of esters is 1. The number of rotatable bonds is 6. The average molecular weight is 501 g/mol. The Morgan fingerprint density at radius 3 is 2.38 bits per heavy atom. The van der Waals surface area contributed by atoms with Gasteiger partial charge in [0.15, 0.2) is 0 Å². The average Bonchev–Trinajstić information content (AvgIpc) is 3.41. The van der Waals surface area contributed by atoms with Gasteiger partial charge in [0.2, 0.25) is 17.7 Å². The second-order valence-electron chi connectivity index (χ2n) is 10.1. The SMILES string of the molecule is CCc1cccc(CC)c1N1C[C@H](C(=O)Oc2cccc(N3C(=O)[C@H]4[C@@H](C)C=CC[C@H]4C3=O)c2)CC1=O. The van der Waals surface area contributed by atoms with Crippen LogP contribution in [0.25, 0.3) is 0 Å². The summed E-state index contributed by atoms with van der Waals surface area (Å²) in [5.74, 6) is -2.09. The number of carbonyl (C=O) groups is 4. The van der Waals surface area contributed by atoms with Crippen LogP contribution in [0.5, 0.6) is 5.75 Å². The molecule has 0 spiro atoms. The topological polar surface area (TPSA) is 84.0 Å². The maximum Gasteiger partial charge on any atom is 0.316 e. The zero-order valence-electron chi connectivity index (χ0n) is 21.5. The molecule has 7 heteroatoms. The van der Waals surface area contributed by atoms with Gasteiger partial charge in [-0.1, -0.05) is 57.2 Å². The van der Waals surface area contributed by atoms with Gasteiger partial charge in [0.1, 0.15) is 5.75 Å². The Morgan fingerprint density at radius 1 is 1.00 bits per heavy atom. The van der Waals surface area contributed by atoms with E-state index in [1.165, 1.54) is 4.90 Å². The number of para-hydroxylation sites is 1. The van der Waals surface area contributed by atoms with Crippen LogP contribution >= 0.6 is 0 Å². The number of hydrogen-bond donors (Lipinski definition) is 0. The van der Waals surface area contributed by atoms with E-state index in [1.54, 1.807) is 29.2 Å². The van der Waals surface area contributed by atoms with E-state index in [0.29, 0.717) is 12.1 Å². The molecule has 2 saturated heterocycles. The van der Waals surface area contributed by atoms with Gasteiger partial charge in [-0.25, -0.2) is 4.90 Å². The van der Waals surface area contributed by atoms with E-state index in [4.69, 9.17) is 4.74 Å². The van der Waals surface area contributed by atoms with E-state index in [1.807, 2.05) is 37.3 Å². The molecular formula is C30H32N2O5. The predicted molar refractivity (Wildman–Crippen MR) is 140 cm³/mol. The first-order valence-corrected chi connectivity index (χ1v) is 13.1. The molecule has 0 saturated carbocycles. The molecule has 3 aliphatic rings. The summed E-state index contributed by atoms with van der Waals surface area (Å²) in [6.45, 7) is 6.33. The van der Waals surface area contributed by atoms with Gasteiger partial charge < -0.3 is 9.64 Å². The number of imide groups is 1. The van der Waals surface area contributed by atoms with Gasteiger partial charge in [0, 0.05) is 24.7 Å². The van der Waals surface area contributed by atoms with E-state index < -0.39 is 11.9 Å². The Bertz CT molecular complexity index is 1280. The first-order valence-electron chi connectivity index (χ1n) is 13.1. The van der Waals surface area contributed by atoms with Crippen molar-refractivity contribution in [2.45, 2.75) is 46.5 Å². The number of carbonyl (C=O) groups excluding carboxylic acids is 4. The van der Waals surface area contributed by atoms with Crippen molar-refractivity contribution >= 4 is 35.1 Å². The number of amides is 3. The van der Waals surface area contributed by atoms with Crippen LogP contribution in [0.1, 0.15) is 44.7 Å². The van der Waals surface area contributed by atoms with Crippen molar-refractivity contribution in [3.8, 4) is 5.75 Å². The zero-order chi connectivity index (χ0) is 26.3. The van der Waals surface area contributed by atoms with Crippen LogP contribution in [0, 0.1) is 23.7 Å². The summed E-state index contributed by atoms with van der Waals surface area (Å²) in [6, 6.07) is 12.6. The molecule has 0 N–H and O–H groups in total. The molecule has 2 heterocycles. The minimum absolute atomic E-state index is 0.00452. The standard InChI is InChI=1S/C30H32N2O5/c1-4-19-10-7-11-20(5-2)27(19)31-17-21(15-25(31)33)30(36)37-23-13-8-12-22(16-23)32-28(34)24-14-6-9-18(3)26(24)29(32)35/h6-13,16,18,21,24,26H,4-5,14-15,17H2,1-3H3/t18-,21+,24+,26-/m0/s1. The fourth-order valence-corrected chi connectivity index (χ4v) is 5.93. The highest BCUT2D eigenvalue weighted by Gasteiger charge is 2.50. The van der Waals surface area contributed by atoms with Gasteiger partial charge in [-0.05, 0) is 48.4 Å². The van der Waals surface area contributed by atoms with E-state index in [9.17, 15) is 19.2 Å². The smallest absolute Gasteiger partial charge is 0.316 e. The molecule has 2 aromatic carbocycles. The number of allylic oxidation sites excluding steroid dienone is 2. The number of anilines is 2. The van der Waals surface area contributed by atoms with Crippen LogP contribution in [0.3, 0.4) is 0 Å². The lowest BCUT2D eigenvalue weighted by molar-refractivity contribution is -0.139. The highest BCUT2D eigenvalue weighted by atomic mass is 16.5. The van der Waals surface area contributed by atoms with E-state index >= 15 is 0 Å². The molecule has 5 rings (SSSR count). The van der Waals surface area contributed by atoms with Crippen molar-refractivity contribution in [2.75, 3.05) is 16.3 Å². The molecule has 192 valence electrons. The molecule has 0 aromatic heterocycles. The Hall–Kier alpha value is -3.74. The Morgan fingerprint density at radius 2 is 1.70 bits per heavy atom. The number of ether oxygens (including phenoxy) is 1. The molecule has 1 aliphatic carbocycles. The number of benzene rings is 2. The Labute approximate surface area is 217 Å². The molecule has 2 fully saturated rings. The summed E-state index contributed by atoms with van der Waals surface area (Å²) in [5.41, 5.74) is 3.47.